The molecule has 0 rings (SSSR count). The van der Waals surface area contributed by atoms with E-state index in [2.05, 4.69) is 18.7 Å². The molecule has 3 heteroatoms. The Morgan fingerprint density at radius 3 is 1.55 bits per heavy atom. The third-order valence-corrected chi connectivity index (χ3v) is 4.23. The fourth-order valence-electron chi connectivity index (χ4n) is 2.95. The van der Waals surface area contributed by atoms with Crippen LogP contribution in [0, 0.1) is 0 Å². The summed E-state index contributed by atoms with van der Waals surface area (Å²) in [6.45, 7) is 6.42. The molecule has 0 fully saturated rings. The Bertz CT molecular complexity index is 244. The van der Waals surface area contributed by atoms with Crippen LogP contribution in [0.3, 0.4) is 0 Å². The molecule has 1 N–H and O–H groups in total. The molecule has 0 aliphatic heterocycles. The Morgan fingerprint density at radius 2 is 1.14 bits per heavy atom. The normalized spacial score (nSPS) is 11.2. The third-order valence-electron chi connectivity index (χ3n) is 4.23. The van der Waals surface area contributed by atoms with Gasteiger partial charge in [-0.1, -0.05) is 84.5 Å². The summed E-state index contributed by atoms with van der Waals surface area (Å²) >= 11 is 0. The lowest BCUT2D eigenvalue weighted by molar-refractivity contribution is -0.138. The molecule has 0 atom stereocenters. The average Bonchev–Trinajstić information content (AvgIpc) is 2.48. The number of unbranched alkanes of at least 4 members (excludes halogenated alkanes) is 11. The molecule has 22 heavy (non-hydrogen) atoms. The first-order valence-electron chi connectivity index (χ1n) is 9.64. The molecule has 0 aromatic rings. The molecular weight excluding hydrogens is 274 g/mol. The van der Waals surface area contributed by atoms with Crippen LogP contribution in [0.15, 0.2) is 0 Å². The van der Waals surface area contributed by atoms with E-state index in [1.807, 2.05) is 0 Å². The van der Waals surface area contributed by atoms with Gasteiger partial charge >= 0.3 is 5.97 Å². The molecule has 0 saturated carbocycles. The van der Waals surface area contributed by atoms with Crippen molar-refractivity contribution in [3.05, 3.63) is 0 Å². The smallest absolute Gasteiger partial charge is 0.317 e. The lowest BCUT2D eigenvalue weighted by Gasteiger charge is -2.19. The maximum atomic E-state index is 10.8. The Balaban J connectivity index is 3.29. The number of hydrogen-bond donors (Lipinski definition) is 1. The van der Waals surface area contributed by atoms with Crippen LogP contribution >= 0.6 is 0 Å². The highest BCUT2D eigenvalue weighted by Gasteiger charge is 2.07. The largest absolute Gasteiger partial charge is 0.480 e. The van der Waals surface area contributed by atoms with Gasteiger partial charge in [-0.15, -0.1) is 0 Å². The highest BCUT2D eigenvalue weighted by atomic mass is 16.4. The predicted octanol–water partition coefficient (Wildman–Crippen LogP) is 5.48. The summed E-state index contributed by atoms with van der Waals surface area (Å²) < 4.78 is 0. The zero-order valence-corrected chi connectivity index (χ0v) is 15.1. The molecule has 0 saturated heterocycles. The van der Waals surface area contributed by atoms with Gasteiger partial charge in [0.25, 0.3) is 0 Å². The number of nitrogens with zero attached hydrogens (tertiary/aromatic N) is 1. The molecule has 0 bridgehead atoms. The minimum Gasteiger partial charge on any atom is -0.480 e. The monoisotopic (exact) mass is 313 g/mol. The molecule has 0 unspecified atom stereocenters. The van der Waals surface area contributed by atoms with Crippen LogP contribution in [0.4, 0.5) is 0 Å². The van der Waals surface area contributed by atoms with E-state index >= 15 is 0 Å². The Kier molecular flexibility index (Phi) is 16.4. The van der Waals surface area contributed by atoms with Gasteiger partial charge in [0.1, 0.15) is 0 Å². The van der Waals surface area contributed by atoms with Crippen LogP contribution in [0.2, 0.25) is 0 Å². The van der Waals surface area contributed by atoms with E-state index in [1.54, 1.807) is 0 Å². The lowest BCUT2D eigenvalue weighted by atomic mass is 10.1. The molecule has 0 radical (unpaired) electrons. The molecule has 132 valence electrons. The summed E-state index contributed by atoms with van der Waals surface area (Å²) in [4.78, 5) is 12.8. The molecule has 0 amide bonds. The van der Waals surface area contributed by atoms with Crippen LogP contribution in [0.5, 0.6) is 0 Å². The van der Waals surface area contributed by atoms with E-state index in [0.717, 1.165) is 25.9 Å². The van der Waals surface area contributed by atoms with E-state index in [1.165, 1.54) is 70.6 Å². The summed E-state index contributed by atoms with van der Waals surface area (Å²) in [5.74, 6) is -0.701. The summed E-state index contributed by atoms with van der Waals surface area (Å²) in [6.07, 6.45) is 17.3. The molecule has 0 aliphatic carbocycles. The number of rotatable bonds is 17. The second kappa shape index (κ2) is 16.8. The minimum atomic E-state index is -0.701. The second-order valence-electron chi connectivity index (χ2n) is 6.56. The standard InChI is InChI=1S/C19H39NO2/c1-3-5-6-7-8-9-10-11-12-13-14-15-17-20(16-4-2)18-19(21)22/h3-18H2,1-2H3,(H,21,22). The summed E-state index contributed by atoms with van der Waals surface area (Å²) in [5.41, 5.74) is 0. The Morgan fingerprint density at radius 1 is 0.682 bits per heavy atom. The number of aliphatic carboxylic acids is 1. The fourth-order valence-corrected chi connectivity index (χ4v) is 2.95. The van der Waals surface area contributed by atoms with Crippen LogP contribution in [0.1, 0.15) is 97.3 Å². The first-order valence-corrected chi connectivity index (χ1v) is 9.64. The molecule has 0 aromatic carbocycles. The number of carboxylic acids is 1. The van der Waals surface area contributed by atoms with Crippen LogP contribution < -0.4 is 0 Å². The van der Waals surface area contributed by atoms with Gasteiger partial charge in [-0.2, -0.15) is 0 Å². The van der Waals surface area contributed by atoms with Crippen molar-refractivity contribution in [3.63, 3.8) is 0 Å². The highest BCUT2D eigenvalue weighted by Crippen LogP contribution is 2.12. The highest BCUT2D eigenvalue weighted by molar-refractivity contribution is 5.69. The zero-order valence-electron chi connectivity index (χ0n) is 15.1. The van der Waals surface area contributed by atoms with E-state index in [4.69, 9.17) is 5.11 Å². The van der Waals surface area contributed by atoms with Crippen molar-refractivity contribution in [3.8, 4) is 0 Å². The fraction of sp³-hybridized carbons (Fsp3) is 0.947. The van der Waals surface area contributed by atoms with E-state index in [0.29, 0.717) is 0 Å². The topological polar surface area (TPSA) is 40.5 Å². The predicted molar refractivity (Wildman–Crippen MR) is 95.4 cm³/mol. The van der Waals surface area contributed by atoms with Gasteiger partial charge in [0.05, 0.1) is 6.54 Å². The quantitative estimate of drug-likeness (QED) is 0.361. The van der Waals surface area contributed by atoms with Crippen molar-refractivity contribution >= 4 is 5.97 Å². The van der Waals surface area contributed by atoms with Crippen molar-refractivity contribution in [1.29, 1.82) is 0 Å². The minimum absolute atomic E-state index is 0.200. The van der Waals surface area contributed by atoms with Crippen molar-refractivity contribution in [2.45, 2.75) is 97.3 Å². The van der Waals surface area contributed by atoms with Gasteiger partial charge in [-0.25, -0.2) is 0 Å². The first-order chi connectivity index (χ1) is 10.7. The molecule has 3 nitrogen and oxygen atoms in total. The Hall–Kier alpha value is -0.570. The van der Waals surface area contributed by atoms with Crippen molar-refractivity contribution < 1.29 is 9.90 Å². The number of carbonyl (C=O) groups is 1. The van der Waals surface area contributed by atoms with Gasteiger partial charge in [-0.05, 0) is 25.9 Å². The maximum Gasteiger partial charge on any atom is 0.317 e. The van der Waals surface area contributed by atoms with E-state index in [9.17, 15) is 4.79 Å². The van der Waals surface area contributed by atoms with Gasteiger partial charge in [0, 0.05) is 0 Å². The van der Waals surface area contributed by atoms with Crippen LogP contribution in [-0.2, 0) is 4.79 Å². The molecule has 0 aliphatic rings. The average molecular weight is 314 g/mol. The van der Waals surface area contributed by atoms with Crippen molar-refractivity contribution in [2.75, 3.05) is 19.6 Å². The number of carboxylic acid groups (broad SMARTS) is 1. The SMILES string of the molecule is CCCCCCCCCCCCCCN(CCC)CC(=O)O. The molecule has 0 aromatic heterocycles. The van der Waals surface area contributed by atoms with Gasteiger partial charge in [0.2, 0.25) is 0 Å². The zero-order chi connectivity index (χ0) is 16.5. The summed E-state index contributed by atoms with van der Waals surface area (Å²) in [7, 11) is 0. The van der Waals surface area contributed by atoms with Crippen molar-refractivity contribution in [2.24, 2.45) is 0 Å². The van der Waals surface area contributed by atoms with Crippen molar-refractivity contribution in [1.82, 2.24) is 4.90 Å². The number of hydrogen-bond acceptors (Lipinski definition) is 2. The van der Waals surface area contributed by atoms with Gasteiger partial charge in [-0.3, -0.25) is 9.69 Å². The first kappa shape index (κ1) is 21.4. The molecule has 0 heterocycles. The summed E-state index contributed by atoms with van der Waals surface area (Å²) in [6, 6.07) is 0. The second-order valence-corrected chi connectivity index (χ2v) is 6.56. The van der Waals surface area contributed by atoms with Gasteiger partial charge in [0.15, 0.2) is 0 Å². The van der Waals surface area contributed by atoms with Gasteiger partial charge < -0.3 is 5.11 Å². The van der Waals surface area contributed by atoms with E-state index < -0.39 is 5.97 Å². The lowest BCUT2D eigenvalue weighted by Crippen LogP contribution is -2.31. The van der Waals surface area contributed by atoms with Crippen LogP contribution in [0.25, 0.3) is 0 Å². The van der Waals surface area contributed by atoms with Crippen LogP contribution in [-0.4, -0.2) is 35.6 Å². The molecule has 0 spiro atoms. The van der Waals surface area contributed by atoms with E-state index in [-0.39, 0.29) is 6.54 Å². The maximum absolute atomic E-state index is 10.8. The molecular formula is C19H39NO2. The summed E-state index contributed by atoms with van der Waals surface area (Å²) in [5, 5.41) is 8.86. The third kappa shape index (κ3) is 15.8. The Labute approximate surface area is 138 Å².